The smallest absolute Gasteiger partial charge is 0.307 e. The lowest BCUT2D eigenvalue weighted by Gasteiger charge is -2.11. The van der Waals surface area contributed by atoms with Gasteiger partial charge in [-0.2, -0.15) is 0 Å². The van der Waals surface area contributed by atoms with Crippen molar-refractivity contribution >= 4 is 11.8 Å². The maximum absolute atomic E-state index is 11.8. The number of ketones is 1. The molecule has 1 aliphatic heterocycles. The third-order valence-electron chi connectivity index (χ3n) is 3.25. The molecule has 0 bridgehead atoms. The molecule has 1 aromatic rings. The second-order valence-electron chi connectivity index (χ2n) is 3.96. The number of hydrogen-bond acceptors (Lipinski definition) is 2. The second kappa shape index (κ2) is 2.26. The van der Waals surface area contributed by atoms with Crippen molar-refractivity contribution in [2.75, 3.05) is 0 Å². The molecule has 1 saturated carbocycles. The van der Waals surface area contributed by atoms with E-state index in [9.17, 15) is 9.59 Å². The van der Waals surface area contributed by atoms with Crippen LogP contribution in [0.2, 0.25) is 0 Å². The monoisotopic (exact) mass is 191 g/mol. The fourth-order valence-electron chi connectivity index (χ4n) is 2.49. The molecule has 4 nitrogen and oxygen atoms in total. The number of carboxylic acid groups (broad SMARTS) is 1. The summed E-state index contributed by atoms with van der Waals surface area (Å²) in [6, 6.07) is 3.59. The van der Waals surface area contributed by atoms with Gasteiger partial charge in [0.05, 0.1) is 11.6 Å². The first kappa shape index (κ1) is 7.79. The minimum atomic E-state index is -0.834. The molecule has 1 N–H and O–H groups in total. The summed E-state index contributed by atoms with van der Waals surface area (Å²) in [6.07, 6.45) is 1.83. The lowest BCUT2D eigenvalue weighted by atomic mass is 10.1. The molecule has 0 spiro atoms. The largest absolute Gasteiger partial charge is 0.481 e. The number of Topliss-reactive ketones (excluding diaryl/α,β-unsaturated/α-hetero) is 1. The molecular formula is C10H9NO3. The highest BCUT2D eigenvalue weighted by Crippen LogP contribution is 2.51. The number of rotatable bonds is 1. The maximum Gasteiger partial charge on any atom is 0.307 e. The number of carbonyl (C=O) groups excluding carboxylic acids is 1. The summed E-state index contributed by atoms with van der Waals surface area (Å²) in [5.41, 5.74) is 0.662. The Balaban J connectivity index is 1.99. The Kier molecular flexibility index (Phi) is 1.26. The average Bonchev–Trinajstić information content (AvgIpc) is 2.65. The maximum atomic E-state index is 11.8. The molecule has 0 radical (unpaired) electrons. The van der Waals surface area contributed by atoms with Gasteiger partial charge in [0.25, 0.3) is 0 Å². The Hall–Kier alpha value is -1.58. The molecule has 3 atom stereocenters. The van der Waals surface area contributed by atoms with Crippen LogP contribution < -0.4 is 0 Å². The second-order valence-corrected chi connectivity index (χ2v) is 3.96. The molecule has 1 aromatic heterocycles. The van der Waals surface area contributed by atoms with Crippen molar-refractivity contribution in [2.45, 2.75) is 6.54 Å². The molecule has 3 unspecified atom stereocenters. The zero-order valence-electron chi connectivity index (χ0n) is 7.38. The van der Waals surface area contributed by atoms with E-state index in [1.807, 2.05) is 16.8 Å². The van der Waals surface area contributed by atoms with Gasteiger partial charge in [0, 0.05) is 24.6 Å². The van der Waals surface area contributed by atoms with Crippen LogP contribution in [-0.2, 0) is 11.3 Å². The highest BCUT2D eigenvalue weighted by atomic mass is 16.4. The van der Waals surface area contributed by atoms with Crippen LogP contribution in [0.3, 0.4) is 0 Å². The molecule has 0 saturated heterocycles. The van der Waals surface area contributed by atoms with Gasteiger partial charge in [0.15, 0.2) is 5.78 Å². The number of aliphatic carboxylic acids is 1. The quantitative estimate of drug-likeness (QED) is 0.708. The van der Waals surface area contributed by atoms with Crippen molar-refractivity contribution in [3.05, 3.63) is 24.0 Å². The first-order valence-corrected chi connectivity index (χ1v) is 4.62. The Morgan fingerprint density at radius 3 is 3.07 bits per heavy atom. The van der Waals surface area contributed by atoms with E-state index < -0.39 is 11.9 Å². The van der Waals surface area contributed by atoms with E-state index in [4.69, 9.17) is 5.11 Å². The first-order valence-electron chi connectivity index (χ1n) is 4.62. The molecule has 14 heavy (non-hydrogen) atoms. The van der Waals surface area contributed by atoms with Gasteiger partial charge < -0.3 is 9.67 Å². The normalized spacial score (nSPS) is 33.4. The average molecular weight is 191 g/mol. The third-order valence-corrected chi connectivity index (χ3v) is 3.25. The Morgan fingerprint density at radius 1 is 1.57 bits per heavy atom. The van der Waals surface area contributed by atoms with Gasteiger partial charge in [-0.15, -0.1) is 0 Å². The van der Waals surface area contributed by atoms with Crippen LogP contribution in [-0.4, -0.2) is 21.4 Å². The lowest BCUT2D eigenvalue weighted by Crippen LogP contribution is -2.18. The molecule has 0 amide bonds. The third kappa shape index (κ3) is 0.780. The predicted molar refractivity (Wildman–Crippen MR) is 46.9 cm³/mol. The van der Waals surface area contributed by atoms with Gasteiger partial charge in [0.1, 0.15) is 0 Å². The molecule has 2 aliphatic rings. The molecule has 0 aromatic carbocycles. The summed E-state index contributed by atoms with van der Waals surface area (Å²) in [5, 5.41) is 8.86. The van der Waals surface area contributed by atoms with Gasteiger partial charge >= 0.3 is 5.97 Å². The van der Waals surface area contributed by atoms with Gasteiger partial charge in [0.2, 0.25) is 0 Å². The molecule has 3 rings (SSSR count). The minimum Gasteiger partial charge on any atom is -0.481 e. The van der Waals surface area contributed by atoms with E-state index in [0.717, 1.165) is 0 Å². The molecule has 72 valence electrons. The van der Waals surface area contributed by atoms with Gasteiger partial charge in [-0.1, -0.05) is 0 Å². The van der Waals surface area contributed by atoms with E-state index >= 15 is 0 Å². The summed E-state index contributed by atoms with van der Waals surface area (Å²) in [5.74, 6) is -1.50. The van der Waals surface area contributed by atoms with Crippen molar-refractivity contribution in [1.82, 2.24) is 4.57 Å². The van der Waals surface area contributed by atoms with Crippen molar-refractivity contribution < 1.29 is 14.7 Å². The van der Waals surface area contributed by atoms with Crippen LogP contribution in [0.4, 0.5) is 0 Å². The Morgan fingerprint density at radius 2 is 2.36 bits per heavy atom. The number of nitrogens with zero attached hydrogens (tertiary/aromatic N) is 1. The number of fused-ring (bicyclic) bond motifs is 2. The number of carbonyl (C=O) groups is 2. The fourth-order valence-corrected chi connectivity index (χ4v) is 2.49. The summed E-state index contributed by atoms with van der Waals surface area (Å²) < 4.78 is 1.85. The number of aromatic nitrogens is 1. The van der Waals surface area contributed by atoms with E-state index in [1.165, 1.54) is 0 Å². The van der Waals surface area contributed by atoms with Crippen LogP contribution in [0.5, 0.6) is 0 Å². The summed E-state index contributed by atoms with van der Waals surface area (Å²) in [7, 11) is 0. The van der Waals surface area contributed by atoms with E-state index in [1.54, 1.807) is 6.07 Å². The Labute approximate surface area is 80.1 Å². The Bertz CT molecular complexity index is 434. The van der Waals surface area contributed by atoms with Crippen LogP contribution >= 0.6 is 0 Å². The van der Waals surface area contributed by atoms with Crippen molar-refractivity contribution in [2.24, 2.45) is 17.8 Å². The first-order chi connectivity index (χ1) is 6.70. The van der Waals surface area contributed by atoms with Gasteiger partial charge in [-0.25, -0.2) is 0 Å². The lowest BCUT2D eigenvalue weighted by molar-refractivity contribution is -0.139. The van der Waals surface area contributed by atoms with Crippen LogP contribution in [0.1, 0.15) is 10.5 Å². The molecular weight excluding hydrogens is 182 g/mol. The van der Waals surface area contributed by atoms with Crippen LogP contribution in [0, 0.1) is 17.8 Å². The molecule has 1 fully saturated rings. The highest BCUT2D eigenvalue weighted by molar-refractivity contribution is 6.03. The minimum absolute atomic E-state index is 0.00125. The number of hydrogen-bond donors (Lipinski definition) is 1. The van der Waals surface area contributed by atoms with Crippen molar-refractivity contribution in [1.29, 1.82) is 0 Å². The summed E-state index contributed by atoms with van der Waals surface area (Å²) in [6.45, 7) is 0.676. The van der Waals surface area contributed by atoms with E-state index in [-0.39, 0.29) is 17.6 Å². The molecule has 2 heterocycles. The van der Waals surface area contributed by atoms with E-state index in [0.29, 0.717) is 12.2 Å². The topological polar surface area (TPSA) is 59.3 Å². The van der Waals surface area contributed by atoms with Crippen LogP contribution in [0.25, 0.3) is 0 Å². The zero-order chi connectivity index (χ0) is 9.87. The standard InChI is InChI=1S/C10H9NO3/c12-9-6-2-1-3-11(6)4-5-7(9)8(5)10(13)14/h1-3,5,7-8H,4H2,(H,13,14). The summed E-state index contributed by atoms with van der Waals surface area (Å²) >= 11 is 0. The van der Waals surface area contributed by atoms with Gasteiger partial charge in [-0.05, 0) is 12.1 Å². The van der Waals surface area contributed by atoms with Crippen LogP contribution in [0.15, 0.2) is 18.3 Å². The van der Waals surface area contributed by atoms with Crippen molar-refractivity contribution in [3.8, 4) is 0 Å². The van der Waals surface area contributed by atoms with E-state index in [2.05, 4.69) is 0 Å². The predicted octanol–water partition coefficient (Wildman–Crippen LogP) is 0.631. The molecule has 4 heteroatoms. The highest BCUT2D eigenvalue weighted by Gasteiger charge is 2.61. The molecule has 1 aliphatic carbocycles. The fraction of sp³-hybridized carbons (Fsp3) is 0.400. The van der Waals surface area contributed by atoms with Crippen molar-refractivity contribution in [3.63, 3.8) is 0 Å². The summed E-state index contributed by atoms with van der Waals surface area (Å²) in [4.78, 5) is 22.5. The SMILES string of the molecule is O=C(O)C1C2Cn3cccc3C(=O)C21. The zero-order valence-corrected chi connectivity index (χ0v) is 7.38. The van der Waals surface area contributed by atoms with Gasteiger partial charge in [-0.3, -0.25) is 9.59 Å². The number of carboxylic acids is 1.